The topological polar surface area (TPSA) is 37.3 Å². The molecule has 164 valence electrons. The average Bonchev–Trinajstić information content (AvgIpc) is 2.76. The van der Waals surface area contributed by atoms with Gasteiger partial charge < -0.3 is 5.11 Å². The van der Waals surface area contributed by atoms with Crippen LogP contribution in [0.5, 0.6) is 5.75 Å². The molecular weight excluding hydrogens is 368 g/mol. The highest BCUT2D eigenvalue weighted by molar-refractivity contribution is 6.09. The highest BCUT2D eigenvalue weighted by atomic mass is 16.3. The second kappa shape index (κ2) is 14.8. The third kappa shape index (κ3) is 8.73. The van der Waals surface area contributed by atoms with Gasteiger partial charge in [0.25, 0.3) is 0 Å². The monoisotopic (exact) mass is 408 g/mol. The molecule has 30 heavy (non-hydrogen) atoms. The highest BCUT2D eigenvalue weighted by Crippen LogP contribution is 2.28. The van der Waals surface area contributed by atoms with E-state index in [4.69, 9.17) is 0 Å². The lowest BCUT2D eigenvalue weighted by Gasteiger charge is -2.07. The Labute approximate surface area is 183 Å². The van der Waals surface area contributed by atoms with Crippen LogP contribution in [0, 0.1) is 0 Å². The van der Waals surface area contributed by atoms with Crippen LogP contribution in [0.4, 0.5) is 0 Å². The van der Waals surface area contributed by atoms with Gasteiger partial charge in [0.05, 0.1) is 0 Å². The number of hydrogen-bond acceptors (Lipinski definition) is 2. The molecule has 0 aliphatic heterocycles. The van der Waals surface area contributed by atoms with Gasteiger partial charge in [-0.25, -0.2) is 0 Å². The lowest BCUT2D eigenvalue weighted by Crippen LogP contribution is -2.00. The Balaban J connectivity index is 1.52. The van der Waals surface area contributed by atoms with Crippen LogP contribution in [0.15, 0.2) is 48.6 Å². The summed E-state index contributed by atoms with van der Waals surface area (Å²) in [5, 5.41) is 11.6. The first-order chi connectivity index (χ1) is 14.7. The van der Waals surface area contributed by atoms with Crippen molar-refractivity contribution in [3.8, 4) is 5.75 Å². The maximum Gasteiger partial charge on any atom is 0.163 e. The van der Waals surface area contributed by atoms with Gasteiger partial charge in [-0.3, -0.25) is 4.79 Å². The van der Waals surface area contributed by atoms with Crippen LogP contribution >= 0.6 is 0 Å². The molecule has 1 N–H and O–H groups in total. The molecule has 2 aromatic carbocycles. The van der Waals surface area contributed by atoms with Crippen LogP contribution in [-0.2, 0) is 0 Å². The SMILES string of the molecule is CCCCCCCCC=CCCCCCCCC(=O)c1ccc(O)c2ccccc12. The van der Waals surface area contributed by atoms with Crippen LogP contribution in [0.3, 0.4) is 0 Å². The molecule has 0 aromatic heterocycles. The number of ketones is 1. The van der Waals surface area contributed by atoms with Crippen LogP contribution in [0.1, 0.15) is 107 Å². The molecule has 2 aromatic rings. The van der Waals surface area contributed by atoms with Gasteiger partial charge in [0.15, 0.2) is 5.78 Å². The number of benzene rings is 2. The van der Waals surface area contributed by atoms with Crippen molar-refractivity contribution in [3.05, 3.63) is 54.1 Å². The van der Waals surface area contributed by atoms with E-state index >= 15 is 0 Å². The van der Waals surface area contributed by atoms with E-state index in [1.807, 2.05) is 24.3 Å². The number of phenols is 1. The van der Waals surface area contributed by atoms with E-state index in [1.54, 1.807) is 12.1 Å². The largest absolute Gasteiger partial charge is 0.507 e. The quantitative estimate of drug-likeness (QED) is 0.171. The van der Waals surface area contributed by atoms with E-state index in [9.17, 15) is 9.90 Å². The van der Waals surface area contributed by atoms with E-state index < -0.39 is 0 Å². The van der Waals surface area contributed by atoms with E-state index in [2.05, 4.69) is 19.1 Å². The molecule has 0 spiro atoms. The van der Waals surface area contributed by atoms with Crippen molar-refractivity contribution in [1.29, 1.82) is 0 Å². The number of unbranched alkanes of at least 4 members (excludes halogenated alkanes) is 11. The zero-order valence-electron chi connectivity index (χ0n) is 18.9. The van der Waals surface area contributed by atoms with E-state index in [-0.39, 0.29) is 11.5 Å². The molecule has 0 fully saturated rings. The lowest BCUT2D eigenvalue weighted by atomic mass is 9.97. The molecule has 0 heterocycles. The maximum absolute atomic E-state index is 12.6. The molecule has 2 rings (SSSR count). The van der Waals surface area contributed by atoms with Gasteiger partial charge in [0.2, 0.25) is 0 Å². The molecule has 0 bridgehead atoms. The van der Waals surface area contributed by atoms with Crippen molar-refractivity contribution in [1.82, 2.24) is 0 Å². The fourth-order valence-electron chi connectivity index (χ4n) is 4.02. The molecule has 2 nitrogen and oxygen atoms in total. The van der Waals surface area contributed by atoms with Crippen LogP contribution < -0.4 is 0 Å². The molecule has 0 atom stereocenters. The van der Waals surface area contributed by atoms with Crippen molar-refractivity contribution >= 4 is 16.6 Å². The van der Waals surface area contributed by atoms with Gasteiger partial charge >= 0.3 is 0 Å². The number of carbonyl (C=O) groups excluding carboxylic acids is 1. The van der Waals surface area contributed by atoms with Crippen molar-refractivity contribution in [2.24, 2.45) is 0 Å². The smallest absolute Gasteiger partial charge is 0.163 e. The normalized spacial score (nSPS) is 11.5. The molecule has 0 radical (unpaired) electrons. The van der Waals surface area contributed by atoms with Gasteiger partial charge in [0, 0.05) is 17.4 Å². The highest BCUT2D eigenvalue weighted by Gasteiger charge is 2.11. The Morgan fingerprint density at radius 2 is 1.30 bits per heavy atom. The number of allylic oxidation sites excluding steroid dienone is 2. The summed E-state index contributed by atoms with van der Waals surface area (Å²) in [7, 11) is 0. The van der Waals surface area contributed by atoms with Crippen molar-refractivity contribution in [2.45, 2.75) is 96.8 Å². The van der Waals surface area contributed by atoms with Crippen molar-refractivity contribution in [2.75, 3.05) is 0 Å². The second-order valence-electron chi connectivity index (χ2n) is 8.44. The third-order valence-corrected chi connectivity index (χ3v) is 5.87. The average molecular weight is 409 g/mol. The molecule has 0 unspecified atom stereocenters. The van der Waals surface area contributed by atoms with Gasteiger partial charge in [-0.15, -0.1) is 0 Å². The van der Waals surface area contributed by atoms with E-state index in [0.29, 0.717) is 6.42 Å². The molecule has 2 heteroatoms. The molecule has 0 aliphatic rings. The lowest BCUT2D eigenvalue weighted by molar-refractivity contribution is 0.0980. The van der Waals surface area contributed by atoms with Crippen LogP contribution in [0.25, 0.3) is 10.8 Å². The Morgan fingerprint density at radius 3 is 1.97 bits per heavy atom. The zero-order valence-corrected chi connectivity index (χ0v) is 18.9. The van der Waals surface area contributed by atoms with Gasteiger partial charge in [-0.1, -0.05) is 94.7 Å². The predicted octanol–water partition coefficient (Wildman–Crippen LogP) is 8.77. The second-order valence-corrected chi connectivity index (χ2v) is 8.44. The molecular formula is C28H40O2. The third-order valence-electron chi connectivity index (χ3n) is 5.87. The Kier molecular flexibility index (Phi) is 11.9. The van der Waals surface area contributed by atoms with Crippen molar-refractivity contribution < 1.29 is 9.90 Å². The number of Topliss-reactive ketones (excluding diaryl/α,β-unsaturated/α-hetero) is 1. The molecule has 0 aliphatic carbocycles. The number of rotatable bonds is 16. The first kappa shape index (κ1) is 24.2. The van der Waals surface area contributed by atoms with Gasteiger partial charge in [-0.05, 0) is 49.6 Å². The summed E-state index contributed by atoms with van der Waals surface area (Å²) >= 11 is 0. The zero-order chi connectivity index (χ0) is 21.4. The summed E-state index contributed by atoms with van der Waals surface area (Å²) in [6, 6.07) is 11.0. The number of aromatic hydroxyl groups is 1. The minimum Gasteiger partial charge on any atom is -0.507 e. The Bertz CT molecular complexity index is 775. The van der Waals surface area contributed by atoms with Gasteiger partial charge in [0.1, 0.15) is 5.75 Å². The van der Waals surface area contributed by atoms with E-state index in [1.165, 1.54) is 70.6 Å². The summed E-state index contributed by atoms with van der Waals surface area (Å²) < 4.78 is 0. The predicted molar refractivity (Wildman–Crippen MR) is 129 cm³/mol. The molecule has 0 saturated carbocycles. The molecule has 0 amide bonds. The number of phenolic OH excluding ortho intramolecular Hbond substituents is 1. The number of carbonyl (C=O) groups is 1. The fourth-order valence-corrected chi connectivity index (χ4v) is 4.02. The summed E-state index contributed by atoms with van der Waals surface area (Å²) in [4.78, 5) is 12.6. The standard InChI is InChI=1S/C28H40O2/c1-2-3-4-5-6-7-8-9-10-11-12-13-14-15-16-21-27(29)26-22-23-28(30)25-20-18-17-19-24(25)26/h9-10,17-20,22-23,30H,2-8,11-16,21H2,1H3. The summed E-state index contributed by atoms with van der Waals surface area (Å²) in [5.41, 5.74) is 0.735. The van der Waals surface area contributed by atoms with Gasteiger partial charge in [-0.2, -0.15) is 0 Å². The molecule has 0 saturated heterocycles. The minimum atomic E-state index is 0.184. The summed E-state index contributed by atoms with van der Waals surface area (Å²) in [5.74, 6) is 0.423. The van der Waals surface area contributed by atoms with Crippen LogP contribution in [-0.4, -0.2) is 10.9 Å². The summed E-state index contributed by atoms with van der Waals surface area (Å²) in [6.07, 6.45) is 21.7. The Morgan fingerprint density at radius 1 is 0.733 bits per heavy atom. The first-order valence-electron chi connectivity index (χ1n) is 12.1. The maximum atomic E-state index is 12.6. The van der Waals surface area contributed by atoms with Crippen LogP contribution in [0.2, 0.25) is 0 Å². The minimum absolute atomic E-state index is 0.184. The number of fused-ring (bicyclic) bond motifs is 1. The van der Waals surface area contributed by atoms with E-state index in [0.717, 1.165) is 29.2 Å². The van der Waals surface area contributed by atoms with Crippen molar-refractivity contribution in [3.63, 3.8) is 0 Å². The first-order valence-corrected chi connectivity index (χ1v) is 12.1. The number of hydrogen-bond donors (Lipinski definition) is 1. The Hall–Kier alpha value is -2.09. The fraction of sp³-hybridized carbons (Fsp3) is 0.536. The summed E-state index contributed by atoms with van der Waals surface area (Å²) in [6.45, 7) is 2.27.